The molecular weight excluding hydrogens is 442 g/mol. The molecule has 0 radical (unpaired) electrons. The van der Waals surface area contributed by atoms with Crippen LogP contribution in [0.25, 0.3) is 11.2 Å². The molecule has 0 unspecified atom stereocenters. The zero-order valence-corrected chi connectivity index (χ0v) is 17.6. The van der Waals surface area contributed by atoms with Crippen LogP contribution in [0.1, 0.15) is 18.2 Å². The fourth-order valence-corrected chi connectivity index (χ4v) is 4.08. The highest BCUT2D eigenvalue weighted by atomic mass is 32.2. The van der Waals surface area contributed by atoms with Crippen LogP contribution >= 0.6 is 0 Å². The summed E-state index contributed by atoms with van der Waals surface area (Å²) in [4.78, 5) is 12.6. The molecule has 3 heterocycles. The number of hydrogen-bond donors (Lipinski definition) is 5. The predicted octanol–water partition coefficient (Wildman–Crippen LogP) is -0.271. The Labute approximate surface area is 183 Å². The van der Waals surface area contributed by atoms with E-state index in [-0.39, 0.29) is 4.90 Å². The number of aryl methyl sites for hydroxylation is 1. The first-order valence-electron chi connectivity index (χ1n) is 9.90. The van der Waals surface area contributed by atoms with Gasteiger partial charge in [0.05, 0.1) is 17.8 Å². The zero-order chi connectivity index (χ0) is 22.9. The number of benzene rings is 1. The van der Waals surface area contributed by atoms with Gasteiger partial charge in [-0.3, -0.25) is 9.12 Å². The van der Waals surface area contributed by atoms with Crippen molar-refractivity contribution in [2.45, 2.75) is 42.3 Å². The third kappa shape index (κ3) is 4.44. The Morgan fingerprint density at radius 3 is 2.50 bits per heavy atom. The number of hydrogen-bond acceptors (Lipinski definition) is 10. The molecule has 12 nitrogen and oxygen atoms in total. The van der Waals surface area contributed by atoms with E-state index in [0.717, 1.165) is 5.56 Å². The van der Waals surface area contributed by atoms with Gasteiger partial charge in [-0.05, 0) is 30.5 Å². The van der Waals surface area contributed by atoms with Crippen LogP contribution in [-0.2, 0) is 21.3 Å². The quantitative estimate of drug-likeness (QED) is 0.218. The highest BCUT2D eigenvalue weighted by molar-refractivity contribution is 7.85. The van der Waals surface area contributed by atoms with Crippen LogP contribution in [0, 0.1) is 0 Å². The fourth-order valence-electron chi connectivity index (χ4n) is 3.60. The van der Waals surface area contributed by atoms with E-state index in [4.69, 9.17) is 9.29 Å². The minimum Gasteiger partial charge on any atom is -0.394 e. The summed E-state index contributed by atoms with van der Waals surface area (Å²) in [5.41, 5.74) is 1.78. The van der Waals surface area contributed by atoms with Gasteiger partial charge in [0.25, 0.3) is 10.1 Å². The molecule has 1 fully saturated rings. The monoisotopic (exact) mass is 465 g/mol. The van der Waals surface area contributed by atoms with Gasteiger partial charge in [-0.25, -0.2) is 15.0 Å². The Morgan fingerprint density at radius 1 is 1.09 bits per heavy atom. The number of aromatic nitrogens is 4. The number of aliphatic hydroxyl groups is 3. The van der Waals surface area contributed by atoms with E-state index in [2.05, 4.69) is 20.3 Å². The standard InChI is InChI=1S/C19H23N5O7S/c25-8-13-15(26)16(27)19(31-13)24-10-23-14-17(21-9-22-18(14)24)20-7-1-2-11-3-5-12(6-4-11)32(28,29)30/h3-6,9-10,13,15-16,19,25-27H,1-2,7-8H2,(H,20,21,22)(H,28,29,30)/t13-,15-,16-,19-/m1/s1. The molecule has 4 atom stereocenters. The first-order chi connectivity index (χ1) is 15.3. The van der Waals surface area contributed by atoms with Gasteiger partial charge in [0, 0.05) is 6.54 Å². The van der Waals surface area contributed by atoms with E-state index in [1.165, 1.54) is 29.4 Å². The highest BCUT2D eigenvalue weighted by Crippen LogP contribution is 2.32. The second kappa shape index (κ2) is 9.05. The summed E-state index contributed by atoms with van der Waals surface area (Å²) in [7, 11) is -4.20. The van der Waals surface area contributed by atoms with Crippen molar-refractivity contribution in [2.75, 3.05) is 18.5 Å². The number of fused-ring (bicyclic) bond motifs is 1. The maximum absolute atomic E-state index is 11.1. The molecule has 13 heteroatoms. The lowest BCUT2D eigenvalue weighted by Gasteiger charge is -2.16. The van der Waals surface area contributed by atoms with Gasteiger partial charge in [0.15, 0.2) is 23.2 Å². The van der Waals surface area contributed by atoms with Crippen molar-refractivity contribution >= 4 is 27.1 Å². The SMILES string of the molecule is O=S(=O)(O)c1ccc(CCCNc2ncnc3c2ncn3[C@@H]2O[C@H](CO)[C@@H](O)[C@H]2O)cc1. The molecule has 172 valence electrons. The van der Waals surface area contributed by atoms with E-state index >= 15 is 0 Å². The van der Waals surface area contributed by atoms with Gasteiger partial charge < -0.3 is 25.4 Å². The van der Waals surface area contributed by atoms with E-state index in [0.29, 0.717) is 36.4 Å². The van der Waals surface area contributed by atoms with E-state index in [1.807, 2.05) is 0 Å². The van der Waals surface area contributed by atoms with Crippen molar-refractivity contribution in [3.8, 4) is 0 Å². The summed E-state index contributed by atoms with van der Waals surface area (Å²) >= 11 is 0. The van der Waals surface area contributed by atoms with Gasteiger partial charge in [-0.1, -0.05) is 12.1 Å². The van der Waals surface area contributed by atoms with Crippen molar-refractivity contribution in [3.63, 3.8) is 0 Å². The minimum absolute atomic E-state index is 0.146. The van der Waals surface area contributed by atoms with E-state index < -0.39 is 41.3 Å². The molecule has 4 rings (SSSR count). The molecule has 5 N–H and O–H groups in total. The van der Waals surface area contributed by atoms with Gasteiger partial charge >= 0.3 is 0 Å². The number of anilines is 1. The van der Waals surface area contributed by atoms with E-state index in [9.17, 15) is 23.7 Å². The smallest absolute Gasteiger partial charge is 0.294 e. The molecule has 3 aromatic rings. The average molecular weight is 465 g/mol. The van der Waals surface area contributed by atoms with Crippen LogP contribution in [0.3, 0.4) is 0 Å². The summed E-state index contributed by atoms with van der Waals surface area (Å²) in [5.74, 6) is 0.488. The van der Waals surface area contributed by atoms with Crippen molar-refractivity contribution in [2.24, 2.45) is 0 Å². The predicted molar refractivity (Wildman–Crippen MR) is 111 cm³/mol. The number of ether oxygens (including phenoxy) is 1. The zero-order valence-electron chi connectivity index (χ0n) is 16.8. The maximum atomic E-state index is 11.1. The number of rotatable bonds is 8. The van der Waals surface area contributed by atoms with Crippen LogP contribution in [0.2, 0.25) is 0 Å². The molecule has 0 amide bonds. The molecule has 0 bridgehead atoms. The maximum Gasteiger partial charge on any atom is 0.294 e. The topological polar surface area (TPSA) is 180 Å². The third-order valence-corrected chi connectivity index (χ3v) is 6.17. The number of aliphatic hydroxyl groups excluding tert-OH is 3. The van der Waals surface area contributed by atoms with Crippen LogP contribution in [0.15, 0.2) is 41.8 Å². The summed E-state index contributed by atoms with van der Waals surface area (Å²) in [6.45, 7) is 0.120. The van der Waals surface area contributed by atoms with Gasteiger partial charge in [-0.2, -0.15) is 8.42 Å². The number of nitrogens with zero attached hydrogens (tertiary/aromatic N) is 4. The van der Waals surface area contributed by atoms with Crippen LogP contribution in [-0.4, -0.2) is 79.3 Å². The normalized spacial score (nSPS) is 23.6. The van der Waals surface area contributed by atoms with Crippen molar-refractivity contribution in [1.82, 2.24) is 19.5 Å². The Kier molecular flexibility index (Phi) is 6.37. The molecule has 0 spiro atoms. The summed E-state index contributed by atoms with van der Waals surface area (Å²) in [6, 6.07) is 6.01. The lowest BCUT2D eigenvalue weighted by molar-refractivity contribution is -0.0511. The van der Waals surface area contributed by atoms with Gasteiger partial charge in [0.2, 0.25) is 0 Å². The molecular formula is C19H23N5O7S. The summed E-state index contributed by atoms with van der Waals surface area (Å²) in [5, 5.41) is 32.7. The van der Waals surface area contributed by atoms with Crippen LogP contribution in [0.5, 0.6) is 0 Å². The highest BCUT2D eigenvalue weighted by Gasteiger charge is 2.44. The second-order valence-electron chi connectivity index (χ2n) is 7.42. The number of imidazole rings is 1. The van der Waals surface area contributed by atoms with Crippen molar-refractivity contribution in [3.05, 3.63) is 42.5 Å². The molecule has 1 aliphatic rings. The first kappa shape index (κ1) is 22.5. The third-order valence-electron chi connectivity index (χ3n) is 5.31. The summed E-state index contributed by atoms with van der Waals surface area (Å²) in [6.07, 6.45) is -0.161. The summed E-state index contributed by atoms with van der Waals surface area (Å²) < 4.78 is 38.3. The van der Waals surface area contributed by atoms with Crippen LogP contribution in [0.4, 0.5) is 5.82 Å². The molecule has 32 heavy (non-hydrogen) atoms. The van der Waals surface area contributed by atoms with Crippen molar-refractivity contribution < 1.29 is 33.0 Å². The lowest BCUT2D eigenvalue weighted by Crippen LogP contribution is -2.33. The number of nitrogens with one attached hydrogen (secondary N) is 1. The molecule has 1 aromatic carbocycles. The van der Waals surface area contributed by atoms with E-state index in [1.54, 1.807) is 12.1 Å². The van der Waals surface area contributed by atoms with Crippen LogP contribution < -0.4 is 5.32 Å². The Balaban J connectivity index is 1.40. The Hall–Kier alpha value is -2.68. The van der Waals surface area contributed by atoms with Gasteiger partial charge in [-0.15, -0.1) is 0 Å². The Morgan fingerprint density at radius 2 is 1.84 bits per heavy atom. The molecule has 1 saturated heterocycles. The molecule has 0 saturated carbocycles. The first-order valence-corrected chi connectivity index (χ1v) is 11.3. The van der Waals surface area contributed by atoms with Crippen molar-refractivity contribution in [1.29, 1.82) is 0 Å². The largest absolute Gasteiger partial charge is 0.394 e. The Bertz CT molecular complexity index is 1180. The average Bonchev–Trinajstić information content (AvgIpc) is 3.32. The second-order valence-corrected chi connectivity index (χ2v) is 8.85. The fraction of sp³-hybridized carbons (Fsp3) is 0.421. The molecule has 1 aliphatic heterocycles. The minimum atomic E-state index is -4.20. The molecule has 0 aliphatic carbocycles. The lowest BCUT2D eigenvalue weighted by atomic mass is 10.1. The van der Waals surface area contributed by atoms with Gasteiger partial charge in [0.1, 0.15) is 24.6 Å². The molecule has 2 aromatic heterocycles.